The molecule has 0 unspecified atom stereocenters. The first-order valence-electron chi connectivity index (χ1n) is 5.36. The van der Waals surface area contributed by atoms with Gasteiger partial charge >= 0.3 is 0 Å². The molecule has 0 saturated heterocycles. The topological polar surface area (TPSA) is 91.2 Å². The van der Waals surface area contributed by atoms with Gasteiger partial charge in [-0.05, 0) is 42.8 Å². The fraction of sp³-hybridized carbons (Fsp3) is 0.0769. The molecule has 0 aliphatic carbocycles. The molecule has 0 fully saturated rings. The van der Waals surface area contributed by atoms with Crippen molar-refractivity contribution < 1.29 is 9.53 Å². The van der Waals surface area contributed by atoms with E-state index in [0.717, 1.165) is 5.56 Å². The fourth-order valence-electron chi connectivity index (χ4n) is 1.48. The smallest absolute Gasteiger partial charge is 0.254 e. The number of nitrogen functional groups attached to an aromatic ring is 1. The summed E-state index contributed by atoms with van der Waals surface area (Å²) in [4.78, 5) is 15.2. The molecule has 2 rings (SSSR count). The van der Waals surface area contributed by atoms with Crippen LogP contribution in [-0.2, 0) is 0 Å². The van der Waals surface area contributed by atoms with Crippen molar-refractivity contribution in [1.29, 1.82) is 0 Å². The number of aromatic nitrogens is 1. The number of amides is 1. The van der Waals surface area contributed by atoms with Crippen LogP contribution in [0.1, 0.15) is 15.9 Å². The Labute approximate surface area is 104 Å². The third kappa shape index (κ3) is 2.40. The lowest BCUT2D eigenvalue weighted by molar-refractivity contribution is 0.0997. The number of carbonyl (C=O) groups excluding carboxylic acids is 1. The zero-order chi connectivity index (χ0) is 13.1. The van der Waals surface area contributed by atoms with Gasteiger partial charge in [0.2, 0.25) is 5.88 Å². The van der Waals surface area contributed by atoms with E-state index in [1.807, 2.05) is 6.92 Å². The molecule has 0 aliphatic rings. The first kappa shape index (κ1) is 11.9. The standard InChI is InChI=1S/C13H13N3O2/c1-8-7-9(4-5-11(8)14)18-13-10(12(15)17)3-2-6-16-13/h2-7H,14H2,1H3,(H2,15,17). The number of hydrogen-bond donors (Lipinski definition) is 2. The van der Waals surface area contributed by atoms with Crippen molar-refractivity contribution in [2.75, 3.05) is 5.73 Å². The molecule has 0 aliphatic heterocycles. The van der Waals surface area contributed by atoms with Crippen molar-refractivity contribution >= 4 is 11.6 Å². The van der Waals surface area contributed by atoms with E-state index >= 15 is 0 Å². The number of nitrogens with zero attached hydrogens (tertiary/aromatic N) is 1. The molecule has 1 aromatic heterocycles. The largest absolute Gasteiger partial charge is 0.438 e. The number of hydrogen-bond acceptors (Lipinski definition) is 4. The van der Waals surface area contributed by atoms with Gasteiger partial charge in [-0.1, -0.05) is 0 Å². The Morgan fingerprint density at radius 2 is 2.11 bits per heavy atom. The number of aryl methyl sites for hydroxylation is 1. The Hall–Kier alpha value is -2.56. The van der Waals surface area contributed by atoms with E-state index in [1.54, 1.807) is 30.3 Å². The van der Waals surface area contributed by atoms with Gasteiger partial charge in [-0.2, -0.15) is 0 Å². The van der Waals surface area contributed by atoms with Crippen LogP contribution >= 0.6 is 0 Å². The second-order valence-electron chi connectivity index (χ2n) is 3.84. The number of pyridine rings is 1. The van der Waals surface area contributed by atoms with Crippen LogP contribution in [0.3, 0.4) is 0 Å². The third-order valence-corrected chi connectivity index (χ3v) is 2.49. The van der Waals surface area contributed by atoms with E-state index in [1.165, 1.54) is 6.20 Å². The maximum Gasteiger partial charge on any atom is 0.254 e. The van der Waals surface area contributed by atoms with Crippen LogP contribution in [0.25, 0.3) is 0 Å². The molecule has 0 spiro atoms. The number of ether oxygens (including phenoxy) is 1. The highest BCUT2D eigenvalue weighted by Gasteiger charge is 2.11. The summed E-state index contributed by atoms with van der Waals surface area (Å²) in [5, 5.41) is 0. The lowest BCUT2D eigenvalue weighted by Gasteiger charge is -2.09. The van der Waals surface area contributed by atoms with Crippen LogP contribution in [-0.4, -0.2) is 10.9 Å². The van der Waals surface area contributed by atoms with Crippen molar-refractivity contribution in [2.24, 2.45) is 5.73 Å². The SMILES string of the molecule is Cc1cc(Oc2ncccc2C(N)=O)ccc1N. The monoisotopic (exact) mass is 243 g/mol. The second kappa shape index (κ2) is 4.75. The molecule has 1 heterocycles. The summed E-state index contributed by atoms with van der Waals surface area (Å²) in [6.45, 7) is 1.87. The molecule has 1 amide bonds. The summed E-state index contributed by atoms with van der Waals surface area (Å²) in [5.74, 6) is 0.169. The van der Waals surface area contributed by atoms with Gasteiger partial charge in [-0.3, -0.25) is 4.79 Å². The van der Waals surface area contributed by atoms with Gasteiger partial charge in [-0.15, -0.1) is 0 Å². The molecular weight excluding hydrogens is 230 g/mol. The van der Waals surface area contributed by atoms with Gasteiger partial charge in [0, 0.05) is 11.9 Å². The minimum atomic E-state index is -0.578. The van der Waals surface area contributed by atoms with Crippen LogP contribution in [0, 0.1) is 6.92 Å². The van der Waals surface area contributed by atoms with E-state index < -0.39 is 5.91 Å². The number of rotatable bonds is 3. The van der Waals surface area contributed by atoms with Crippen molar-refractivity contribution in [1.82, 2.24) is 4.98 Å². The minimum Gasteiger partial charge on any atom is -0.438 e. The van der Waals surface area contributed by atoms with Crippen molar-refractivity contribution in [3.63, 3.8) is 0 Å². The number of carbonyl (C=O) groups is 1. The second-order valence-corrected chi connectivity index (χ2v) is 3.84. The maximum atomic E-state index is 11.2. The van der Waals surface area contributed by atoms with Gasteiger partial charge in [-0.25, -0.2) is 4.98 Å². The number of nitrogens with two attached hydrogens (primary N) is 2. The highest BCUT2D eigenvalue weighted by molar-refractivity contribution is 5.95. The van der Waals surface area contributed by atoms with Gasteiger partial charge in [0.05, 0.1) is 0 Å². The first-order chi connectivity index (χ1) is 8.58. The molecular formula is C13H13N3O2. The summed E-state index contributed by atoms with van der Waals surface area (Å²) >= 11 is 0. The van der Waals surface area contributed by atoms with Crippen LogP contribution in [0.2, 0.25) is 0 Å². The zero-order valence-electron chi connectivity index (χ0n) is 9.88. The summed E-state index contributed by atoms with van der Waals surface area (Å²) in [7, 11) is 0. The van der Waals surface area contributed by atoms with Crippen LogP contribution in [0.15, 0.2) is 36.5 Å². The predicted octanol–water partition coefficient (Wildman–Crippen LogP) is 1.86. The fourth-order valence-corrected chi connectivity index (χ4v) is 1.48. The summed E-state index contributed by atoms with van der Waals surface area (Å²) in [6.07, 6.45) is 1.53. The Balaban J connectivity index is 2.34. The normalized spacial score (nSPS) is 10.1. The first-order valence-corrected chi connectivity index (χ1v) is 5.36. The van der Waals surface area contributed by atoms with Crippen LogP contribution in [0.4, 0.5) is 5.69 Å². The number of anilines is 1. The average Bonchev–Trinajstić information content (AvgIpc) is 2.34. The van der Waals surface area contributed by atoms with Gasteiger partial charge in [0.15, 0.2) is 0 Å². The lowest BCUT2D eigenvalue weighted by atomic mass is 10.2. The van der Waals surface area contributed by atoms with Gasteiger partial charge in [0.1, 0.15) is 11.3 Å². The Morgan fingerprint density at radius 1 is 1.33 bits per heavy atom. The molecule has 0 bridgehead atoms. The molecule has 1 aromatic carbocycles. The average molecular weight is 243 g/mol. The van der Waals surface area contributed by atoms with E-state index in [4.69, 9.17) is 16.2 Å². The van der Waals surface area contributed by atoms with Gasteiger partial charge in [0.25, 0.3) is 5.91 Å². The zero-order valence-corrected chi connectivity index (χ0v) is 9.88. The molecule has 0 saturated carbocycles. The van der Waals surface area contributed by atoms with E-state index in [0.29, 0.717) is 11.4 Å². The highest BCUT2D eigenvalue weighted by atomic mass is 16.5. The molecule has 0 atom stereocenters. The summed E-state index contributed by atoms with van der Waals surface area (Å²) in [5.41, 5.74) is 12.8. The van der Waals surface area contributed by atoms with Crippen LogP contribution < -0.4 is 16.2 Å². The Morgan fingerprint density at radius 3 is 2.78 bits per heavy atom. The molecule has 18 heavy (non-hydrogen) atoms. The molecule has 92 valence electrons. The van der Waals surface area contributed by atoms with Crippen molar-refractivity contribution in [3.8, 4) is 11.6 Å². The quantitative estimate of drug-likeness (QED) is 0.805. The maximum absolute atomic E-state index is 11.2. The minimum absolute atomic E-state index is 0.189. The van der Waals surface area contributed by atoms with E-state index in [2.05, 4.69) is 4.98 Å². The summed E-state index contributed by atoms with van der Waals surface area (Å²) < 4.78 is 5.54. The molecule has 4 N–H and O–H groups in total. The van der Waals surface area contributed by atoms with Crippen molar-refractivity contribution in [3.05, 3.63) is 47.7 Å². The number of benzene rings is 1. The summed E-state index contributed by atoms with van der Waals surface area (Å²) in [6, 6.07) is 8.41. The number of primary amides is 1. The predicted molar refractivity (Wildman–Crippen MR) is 68.4 cm³/mol. The Bertz CT molecular complexity index is 597. The lowest BCUT2D eigenvalue weighted by Crippen LogP contribution is -2.12. The molecule has 2 aromatic rings. The van der Waals surface area contributed by atoms with Gasteiger partial charge < -0.3 is 16.2 Å². The van der Waals surface area contributed by atoms with E-state index in [-0.39, 0.29) is 11.4 Å². The Kier molecular flexibility index (Phi) is 3.14. The third-order valence-electron chi connectivity index (χ3n) is 2.49. The molecule has 0 radical (unpaired) electrons. The van der Waals surface area contributed by atoms with Crippen molar-refractivity contribution in [2.45, 2.75) is 6.92 Å². The molecule has 5 nitrogen and oxygen atoms in total. The highest BCUT2D eigenvalue weighted by Crippen LogP contribution is 2.25. The van der Waals surface area contributed by atoms with E-state index in [9.17, 15) is 4.79 Å². The molecule has 5 heteroatoms. The van der Waals surface area contributed by atoms with Crippen LogP contribution in [0.5, 0.6) is 11.6 Å².